The predicted octanol–water partition coefficient (Wildman–Crippen LogP) is 5.72. The van der Waals surface area contributed by atoms with Gasteiger partial charge in [0.05, 0.1) is 16.6 Å². The van der Waals surface area contributed by atoms with Gasteiger partial charge in [-0.2, -0.15) is 0 Å². The third kappa shape index (κ3) is 4.74. The van der Waals surface area contributed by atoms with Crippen LogP contribution in [0.2, 0.25) is 0 Å². The summed E-state index contributed by atoms with van der Waals surface area (Å²) in [5.74, 6) is -2.14. The lowest BCUT2D eigenvalue weighted by Gasteiger charge is -2.30. The molecule has 1 fully saturated rings. The number of carbonyl (C=O) groups is 3. The summed E-state index contributed by atoms with van der Waals surface area (Å²) >= 11 is 5.78. The van der Waals surface area contributed by atoms with E-state index in [9.17, 15) is 19.2 Å². The molecule has 202 valence electrons. The van der Waals surface area contributed by atoms with Crippen LogP contribution in [0.1, 0.15) is 27.5 Å². The van der Waals surface area contributed by atoms with E-state index in [1.807, 2.05) is 74.5 Å². The van der Waals surface area contributed by atoms with Gasteiger partial charge in [0.15, 0.2) is 0 Å². The number of aryl methyl sites for hydroxylation is 2. The quantitative estimate of drug-likeness (QED) is 0.284. The predicted molar refractivity (Wildman–Crippen MR) is 161 cm³/mol. The first-order chi connectivity index (χ1) is 19.2. The Hall–Kier alpha value is -3.47. The van der Waals surface area contributed by atoms with Gasteiger partial charge in [-0.3, -0.25) is 23.7 Å². The lowest BCUT2D eigenvalue weighted by molar-refractivity contribution is -0.122. The van der Waals surface area contributed by atoms with Gasteiger partial charge in [0.25, 0.3) is 0 Å². The monoisotopic (exact) mass is 633 g/mol. The second kappa shape index (κ2) is 10.5. The molecule has 0 spiro atoms. The summed E-state index contributed by atoms with van der Waals surface area (Å²) in [6, 6.07) is 22.3. The number of thiazole rings is 1. The summed E-state index contributed by atoms with van der Waals surface area (Å²) in [7, 11) is 0. The molecule has 1 N–H and O–H groups in total. The van der Waals surface area contributed by atoms with Gasteiger partial charge < -0.3 is 5.32 Å². The molecule has 10 heteroatoms. The second-order valence-electron chi connectivity index (χ2n) is 9.98. The van der Waals surface area contributed by atoms with Crippen LogP contribution in [0, 0.1) is 19.8 Å². The third-order valence-electron chi connectivity index (χ3n) is 7.19. The Balaban J connectivity index is 1.41. The maximum absolute atomic E-state index is 13.9. The largest absolute Gasteiger partial charge is 0.325 e. The van der Waals surface area contributed by atoms with Crippen LogP contribution in [-0.2, 0) is 20.9 Å². The van der Waals surface area contributed by atoms with E-state index in [1.54, 1.807) is 12.1 Å². The zero-order valence-electron chi connectivity index (χ0n) is 21.6. The molecular weight excluding hydrogens is 610 g/mol. The van der Waals surface area contributed by atoms with E-state index in [0.29, 0.717) is 21.3 Å². The molecule has 1 aromatic heterocycles. The normalized spacial score (nSPS) is 19.9. The van der Waals surface area contributed by atoms with E-state index in [2.05, 4.69) is 21.2 Å². The van der Waals surface area contributed by atoms with Crippen LogP contribution in [-0.4, -0.2) is 27.5 Å². The highest BCUT2D eigenvalue weighted by atomic mass is 79.9. The van der Waals surface area contributed by atoms with E-state index in [1.165, 1.54) is 21.2 Å². The molecule has 0 bridgehead atoms. The molecule has 6 rings (SSSR count). The fourth-order valence-electron chi connectivity index (χ4n) is 5.24. The summed E-state index contributed by atoms with van der Waals surface area (Å²) in [4.78, 5) is 55.7. The highest BCUT2D eigenvalue weighted by Gasteiger charge is 2.56. The Morgan fingerprint density at radius 1 is 0.925 bits per heavy atom. The molecule has 3 unspecified atom stereocenters. The number of benzene rings is 3. The lowest BCUT2D eigenvalue weighted by Crippen LogP contribution is -2.33. The Kier molecular flexibility index (Phi) is 7.02. The fourth-order valence-corrected chi connectivity index (χ4v) is 8.43. The van der Waals surface area contributed by atoms with Crippen molar-refractivity contribution < 1.29 is 14.4 Å². The number of nitrogens with zero attached hydrogens (tertiary/aromatic N) is 2. The number of fused-ring (bicyclic) bond motifs is 2. The number of hydrogen-bond donors (Lipinski definition) is 1. The number of carbonyl (C=O) groups excluding carboxylic acids is 3. The van der Waals surface area contributed by atoms with Gasteiger partial charge in [0.2, 0.25) is 17.7 Å². The smallest absolute Gasteiger partial charge is 0.308 e. The number of anilines is 2. The molecule has 40 heavy (non-hydrogen) atoms. The molecule has 3 heterocycles. The van der Waals surface area contributed by atoms with E-state index < -0.39 is 17.1 Å². The fraction of sp³-hybridized carbons (Fsp3) is 0.200. The minimum absolute atomic E-state index is 0.196. The van der Waals surface area contributed by atoms with Gasteiger partial charge >= 0.3 is 4.87 Å². The molecule has 3 atom stereocenters. The SMILES string of the molecule is Cc1ccc(NC(=O)Cn2c3c(sc2=O)C(c2cccc(Br)c2)C2C(=O)N(c4ccc(C)cc4)C(=O)C2S3)cc1. The molecule has 4 aromatic rings. The topological polar surface area (TPSA) is 88.5 Å². The van der Waals surface area contributed by atoms with Crippen molar-refractivity contribution in [2.45, 2.75) is 36.6 Å². The first-order valence-electron chi connectivity index (χ1n) is 12.7. The van der Waals surface area contributed by atoms with Crippen LogP contribution in [0.3, 0.4) is 0 Å². The molecule has 2 aliphatic heterocycles. The Bertz CT molecular complexity index is 1710. The Morgan fingerprint density at radius 2 is 1.60 bits per heavy atom. The first kappa shape index (κ1) is 26.7. The van der Waals surface area contributed by atoms with Crippen molar-refractivity contribution in [3.05, 3.63) is 109 Å². The molecule has 3 amide bonds. The maximum atomic E-state index is 13.9. The molecular formula is C30H24BrN3O4S2. The first-order valence-corrected chi connectivity index (χ1v) is 15.2. The number of hydrogen-bond acceptors (Lipinski definition) is 6. The van der Waals surface area contributed by atoms with Gasteiger partial charge in [-0.15, -0.1) is 0 Å². The number of amides is 3. The summed E-state index contributed by atoms with van der Waals surface area (Å²) in [5.41, 5.74) is 4.09. The van der Waals surface area contributed by atoms with Crippen LogP contribution < -0.4 is 15.1 Å². The summed E-state index contributed by atoms with van der Waals surface area (Å²) in [5, 5.41) is 2.68. The molecule has 2 aliphatic rings. The van der Waals surface area contributed by atoms with Crippen molar-refractivity contribution >= 4 is 68.1 Å². The number of rotatable bonds is 5. The van der Waals surface area contributed by atoms with Crippen LogP contribution in [0.25, 0.3) is 0 Å². The van der Waals surface area contributed by atoms with E-state index in [4.69, 9.17) is 0 Å². The summed E-state index contributed by atoms with van der Waals surface area (Å²) < 4.78 is 2.26. The minimum Gasteiger partial charge on any atom is -0.325 e. The number of thioether (sulfide) groups is 1. The van der Waals surface area contributed by atoms with Gasteiger partial charge in [0.1, 0.15) is 11.8 Å². The second-order valence-corrected chi connectivity index (χ2v) is 13.0. The summed E-state index contributed by atoms with van der Waals surface area (Å²) in [6.07, 6.45) is 0. The standard InChI is InChI=1S/C30H24BrN3O4S2/c1-16-6-10-20(11-7-16)32-22(35)15-33-29-26(40-30(33)38)23(18-4-3-5-19(31)14-18)24-25(39-29)28(37)34(27(24)36)21-12-8-17(2)9-13-21/h3-14,23-25H,15H2,1-2H3,(H,32,35). The van der Waals surface area contributed by atoms with Gasteiger partial charge in [-0.25, -0.2) is 4.90 Å². The lowest BCUT2D eigenvalue weighted by atomic mass is 9.83. The molecule has 7 nitrogen and oxygen atoms in total. The van der Waals surface area contributed by atoms with Gasteiger partial charge in [-0.1, -0.05) is 86.6 Å². The third-order valence-corrected chi connectivity index (χ3v) is 10.3. The van der Waals surface area contributed by atoms with Crippen molar-refractivity contribution in [2.75, 3.05) is 10.2 Å². The van der Waals surface area contributed by atoms with Gasteiger partial charge in [0, 0.05) is 21.0 Å². The van der Waals surface area contributed by atoms with E-state index >= 15 is 0 Å². The summed E-state index contributed by atoms with van der Waals surface area (Å²) in [6.45, 7) is 3.71. The average Bonchev–Trinajstić information content (AvgIpc) is 3.36. The van der Waals surface area contributed by atoms with E-state index in [-0.39, 0.29) is 29.1 Å². The average molecular weight is 635 g/mol. The van der Waals surface area contributed by atoms with Crippen LogP contribution >= 0.6 is 39.0 Å². The van der Waals surface area contributed by atoms with Crippen molar-refractivity contribution in [3.8, 4) is 0 Å². The van der Waals surface area contributed by atoms with Crippen molar-refractivity contribution in [3.63, 3.8) is 0 Å². The number of imide groups is 1. The van der Waals surface area contributed by atoms with Crippen molar-refractivity contribution in [1.29, 1.82) is 0 Å². The number of nitrogens with one attached hydrogen (secondary N) is 1. The van der Waals surface area contributed by atoms with E-state index in [0.717, 1.165) is 32.5 Å². The highest BCUT2D eigenvalue weighted by Crippen LogP contribution is 2.54. The molecule has 1 saturated heterocycles. The minimum atomic E-state index is -0.731. The van der Waals surface area contributed by atoms with Crippen molar-refractivity contribution in [2.24, 2.45) is 5.92 Å². The molecule has 0 aliphatic carbocycles. The molecule has 0 radical (unpaired) electrons. The highest BCUT2D eigenvalue weighted by molar-refractivity contribution is 9.10. The van der Waals surface area contributed by atoms with Crippen LogP contribution in [0.15, 0.2) is 87.1 Å². The zero-order chi connectivity index (χ0) is 28.1. The maximum Gasteiger partial charge on any atom is 0.308 e. The Labute approximate surface area is 247 Å². The van der Waals surface area contributed by atoms with Crippen LogP contribution in [0.5, 0.6) is 0 Å². The molecule has 3 aromatic carbocycles. The van der Waals surface area contributed by atoms with Crippen LogP contribution in [0.4, 0.5) is 11.4 Å². The number of halogens is 1. The van der Waals surface area contributed by atoms with Gasteiger partial charge in [-0.05, 0) is 55.8 Å². The van der Waals surface area contributed by atoms with Crippen molar-refractivity contribution in [1.82, 2.24) is 4.57 Å². The number of aromatic nitrogens is 1. The zero-order valence-corrected chi connectivity index (χ0v) is 24.8. The Morgan fingerprint density at radius 3 is 2.27 bits per heavy atom. The molecule has 0 saturated carbocycles.